The molecule has 0 aromatic heterocycles. The molecule has 0 spiro atoms. The molecule has 1 unspecified atom stereocenters. The van der Waals surface area contributed by atoms with Crippen molar-refractivity contribution in [2.24, 2.45) is 5.92 Å². The van der Waals surface area contributed by atoms with Crippen LogP contribution in [0.3, 0.4) is 0 Å². The van der Waals surface area contributed by atoms with Crippen LogP contribution in [-0.4, -0.2) is 25.2 Å². The van der Waals surface area contributed by atoms with Crippen LogP contribution in [0.1, 0.15) is 39.5 Å². The van der Waals surface area contributed by atoms with E-state index >= 15 is 0 Å². The van der Waals surface area contributed by atoms with Gasteiger partial charge in [0.25, 0.3) is 0 Å². The van der Waals surface area contributed by atoms with Crippen LogP contribution in [0, 0.1) is 5.92 Å². The highest BCUT2D eigenvalue weighted by atomic mass is 16.5. The molecule has 82 valence electrons. The second-order valence-electron chi connectivity index (χ2n) is 4.20. The fourth-order valence-corrected chi connectivity index (χ4v) is 1.66. The summed E-state index contributed by atoms with van der Waals surface area (Å²) in [6.45, 7) is 5.03. The van der Waals surface area contributed by atoms with Crippen molar-refractivity contribution in [3.05, 3.63) is 0 Å². The first-order chi connectivity index (χ1) is 6.74. The van der Waals surface area contributed by atoms with E-state index in [1.165, 1.54) is 12.8 Å². The van der Waals surface area contributed by atoms with Crippen molar-refractivity contribution in [2.45, 2.75) is 51.7 Å². The first kappa shape index (κ1) is 11.5. The fraction of sp³-hybridized carbons (Fsp3) is 0.909. The Balaban J connectivity index is 1.97. The van der Waals surface area contributed by atoms with Crippen molar-refractivity contribution >= 4 is 6.41 Å². The quantitative estimate of drug-likeness (QED) is 0.477. The van der Waals surface area contributed by atoms with Crippen LogP contribution in [0.5, 0.6) is 0 Å². The Morgan fingerprint density at radius 1 is 1.50 bits per heavy atom. The molecule has 14 heavy (non-hydrogen) atoms. The number of hydrogen-bond acceptors (Lipinski definition) is 2. The minimum absolute atomic E-state index is 0.319. The number of amides is 1. The fourth-order valence-electron chi connectivity index (χ4n) is 1.66. The van der Waals surface area contributed by atoms with Gasteiger partial charge in [-0.1, -0.05) is 0 Å². The zero-order valence-electron chi connectivity index (χ0n) is 9.16. The van der Waals surface area contributed by atoms with Gasteiger partial charge in [-0.25, -0.2) is 0 Å². The third-order valence-electron chi connectivity index (χ3n) is 2.75. The Kier molecular flexibility index (Phi) is 4.94. The number of rotatable bonds is 8. The van der Waals surface area contributed by atoms with Crippen LogP contribution in [0.2, 0.25) is 0 Å². The Hall–Kier alpha value is -0.570. The van der Waals surface area contributed by atoms with Crippen molar-refractivity contribution in [3.8, 4) is 0 Å². The molecule has 1 aliphatic carbocycles. The lowest BCUT2D eigenvalue weighted by Gasteiger charge is -2.18. The number of ether oxygens (including phenoxy) is 1. The summed E-state index contributed by atoms with van der Waals surface area (Å²) >= 11 is 0. The molecule has 2 atom stereocenters. The summed E-state index contributed by atoms with van der Waals surface area (Å²) in [6, 6.07) is 0. The maximum absolute atomic E-state index is 9.98. The molecule has 1 aliphatic rings. The van der Waals surface area contributed by atoms with Gasteiger partial charge >= 0.3 is 0 Å². The molecule has 3 nitrogen and oxygen atoms in total. The summed E-state index contributed by atoms with van der Waals surface area (Å²) in [5.74, 6) is 0.811. The molecule has 0 radical (unpaired) electrons. The monoisotopic (exact) mass is 199 g/mol. The number of hydrogen-bond donors (Lipinski definition) is 1. The Bertz CT molecular complexity index is 169. The topological polar surface area (TPSA) is 38.3 Å². The first-order valence-electron chi connectivity index (χ1n) is 5.56. The summed E-state index contributed by atoms with van der Waals surface area (Å²) in [5.41, 5.74) is 0. The molecule has 0 aromatic rings. The molecular formula is C11H21NO2. The molecule has 0 aliphatic heterocycles. The Morgan fingerprint density at radius 3 is 2.79 bits per heavy atom. The highest BCUT2D eigenvalue weighted by Gasteiger charge is 2.29. The predicted octanol–water partition coefficient (Wildman–Crippen LogP) is 1.72. The van der Waals surface area contributed by atoms with E-state index in [1.807, 2.05) is 0 Å². The highest BCUT2D eigenvalue weighted by molar-refractivity contribution is 5.45. The molecule has 0 heterocycles. The second kappa shape index (κ2) is 6.02. The first-order valence-corrected chi connectivity index (χ1v) is 5.56. The molecule has 1 saturated carbocycles. The predicted molar refractivity (Wildman–Crippen MR) is 56.0 cm³/mol. The smallest absolute Gasteiger partial charge is 0.207 e. The van der Waals surface area contributed by atoms with Crippen LogP contribution in [-0.2, 0) is 9.53 Å². The van der Waals surface area contributed by atoms with Crippen molar-refractivity contribution < 1.29 is 9.53 Å². The van der Waals surface area contributed by atoms with Crippen LogP contribution < -0.4 is 5.32 Å². The van der Waals surface area contributed by atoms with Gasteiger partial charge in [0.15, 0.2) is 0 Å². The summed E-state index contributed by atoms with van der Waals surface area (Å²) < 4.78 is 5.84. The van der Waals surface area contributed by atoms with Crippen LogP contribution in [0.25, 0.3) is 0 Å². The van der Waals surface area contributed by atoms with E-state index in [1.54, 1.807) is 0 Å². The average Bonchev–Trinajstić information content (AvgIpc) is 2.95. The SMILES string of the molecule is CC(O[C@H](C)CCCNC=O)C1CC1. The van der Waals surface area contributed by atoms with Gasteiger partial charge in [0.2, 0.25) is 6.41 Å². The van der Waals surface area contributed by atoms with E-state index in [4.69, 9.17) is 4.74 Å². The van der Waals surface area contributed by atoms with Gasteiger partial charge in [-0.15, -0.1) is 0 Å². The zero-order chi connectivity index (χ0) is 10.4. The third kappa shape index (κ3) is 4.61. The van der Waals surface area contributed by atoms with Gasteiger partial charge in [0.05, 0.1) is 12.2 Å². The third-order valence-corrected chi connectivity index (χ3v) is 2.75. The molecule has 0 aromatic carbocycles. The normalized spacial score (nSPS) is 20.1. The lowest BCUT2D eigenvalue weighted by atomic mass is 10.2. The van der Waals surface area contributed by atoms with Gasteiger partial charge in [-0.05, 0) is 45.4 Å². The molecule has 1 fully saturated rings. The van der Waals surface area contributed by atoms with E-state index in [0.29, 0.717) is 12.2 Å². The number of carbonyl (C=O) groups is 1. The van der Waals surface area contributed by atoms with Crippen LogP contribution in [0.4, 0.5) is 0 Å². The van der Waals surface area contributed by atoms with Crippen LogP contribution in [0.15, 0.2) is 0 Å². The maximum Gasteiger partial charge on any atom is 0.207 e. The standard InChI is InChI=1S/C11H21NO2/c1-9(4-3-7-12-8-13)14-10(2)11-5-6-11/h8-11H,3-7H2,1-2H3,(H,12,13)/t9-,10?/m1/s1. The van der Waals surface area contributed by atoms with Crippen molar-refractivity contribution in [2.75, 3.05) is 6.54 Å². The Morgan fingerprint density at radius 2 is 2.21 bits per heavy atom. The van der Waals surface area contributed by atoms with Gasteiger partial charge in [-0.3, -0.25) is 4.79 Å². The van der Waals surface area contributed by atoms with Crippen molar-refractivity contribution in [3.63, 3.8) is 0 Å². The Labute approximate surface area is 86.2 Å². The van der Waals surface area contributed by atoms with Gasteiger partial charge in [0, 0.05) is 6.54 Å². The van der Waals surface area contributed by atoms with Gasteiger partial charge in [-0.2, -0.15) is 0 Å². The molecule has 3 heteroatoms. The lowest BCUT2D eigenvalue weighted by molar-refractivity contribution is -0.109. The number of nitrogens with one attached hydrogen (secondary N) is 1. The molecule has 1 amide bonds. The van der Waals surface area contributed by atoms with E-state index in [9.17, 15) is 4.79 Å². The average molecular weight is 199 g/mol. The molecular weight excluding hydrogens is 178 g/mol. The lowest BCUT2D eigenvalue weighted by Crippen LogP contribution is -2.20. The summed E-state index contributed by atoms with van der Waals surface area (Å²) in [5, 5.41) is 2.66. The van der Waals surface area contributed by atoms with E-state index in [-0.39, 0.29) is 0 Å². The molecule has 0 bridgehead atoms. The molecule has 0 saturated heterocycles. The van der Waals surface area contributed by atoms with E-state index < -0.39 is 0 Å². The second-order valence-corrected chi connectivity index (χ2v) is 4.20. The van der Waals surface area contributed by atoms with Gasteiger partial charge in [0.1, 0.15) is 0 Å². The van der Waals surface area contributed by atoms with Crippen molar-refractivity contribution in [1.82, 2.24) is 5.32 Å². The van der Waals surface area contributed by atoms with E-state index in [2.05, 4.69) is 19.2 Å². The van der Waals surface area contributed by atoms with E-state index in [0.717, 1.165) is 31.7 Å². The minimum atomic E-state index is 0.319. The minimum Gasteiger partial charge on any atom is -0.375 e. The zero-order valence-corrected chi connectivity index (χ0v) is 9.16. The maximum atomic E-state index is 9.98. The largest absolute Gasteiger partial charge is 0.375 e. The van der Waals surface area contributed by atoms with Crippen molar-refractivity contribution in [1.29, 1.82) is 0 Å². The van der Waals surface area contributed by atoms with Crippen LogP contribution >= 0.6 is 0 Å². The summed E-state index contributed by atoms with van der Waals surface area (Å²) in [6.07, 6.45) is 6.18. The highest BCUT2D eigenvalue weighted by Crippen LogP contribution is 2.34. The van der Waals surface area contributed by atoms with Gasteiger partial charge < -0.3 is 10.1 Å². The summed E-state index contributed by atoms with van der Waals surface area (Å²) in [7, 11) is 0. The summed E-state index contributed by atoms with van der Waals surface area (Å²) in [4.78, 5) is 9.98. The number of carbonyl (C=O) groups excluding carboxylic acids is 1. The molecule has 1 N–H and O–H groups in total. The molecule has 1 rings (SSSR count).